The molecule has 2 aromatic rings. The smallest absolute Gasteiger partial charge is 0.126 e. The Morgan fingerprint density at radius 1 is 1.29 bits per heavy atom. The highest BCUT2D eigenvalue weighted by Crippen LogP contribution is 2.28. The molecule has 0 N–H and O–H groups in total. The number of allylic oxidation sites excluding steroid dienone is 1. The fraction of sp³-hybridized carbons (Fsp3) is 0.118. The van der Waals surface area contributed by atoms with Crippen LogP contribution in [0.25, 0.3) is 11.6 Å². The highest BCUT2D eigenvalue weighted by molar-refractivity contribution is 9.10. The minimum Gasteiger partial charge on any atom is -0.493 e. The van der Waals surface area contributed by atoms with Crippen molar-refractivity contribution in [2.75, 3.05) is 6.61 Å². The van der Waals surface area contributed by atoms with Gasteiger partial charge in [-0.15, -0.1) is 0 Å². The van der Waals surface area contributed by atoms with Gasteiger partial charge in [0.05, 0.1) is 18.2 Å². The first-order valence-corrected chi connectivity index (χ1v) is 7.61. The average Bonchev–Trinajstić information content (AvgIpc) is 2.48. The minimum atomic E-state index is 0.561. The molecular weight excluding hydrogens is 350 g/mol. The largest absolute Gasteiger partial charge is 0.493 e. The first kappa shape index (κ1) is 15.6. The highest BCUT2D eigenvalue weighted by Gasteiger charge is 2.06. The van der Waals surface area contributed by atoms with Crippen molar-refractivity contribution in [3.63, 3.8) is 0 Å². The summed E-state index contributed by atoms with van der Waals surface area (Å²) < 4.78 is 6.53. The first-order valence-electron chi connectivity index (χ1n) is 6.44. The van der Waals surface area contributed by atoms with E-state index in [0.717, 1.165) is 21.3 Å². The van der Waals surface area contributed by atoms with E-state index in [1.807, 2.05) is 43.3 Å². The Balaban J connectivity index is 2.47. The number of benzene rings is 2. The third-order valence-corrected chi connectivity index (χ3v) is 3.59. The summed E-state index contributed by atoms with van der Waals surface area (Å²) in [6.07, 6.45) is 1.82. The van der Waals surface area contributed by atoms with Crippen LogP contribution >= 0.6 is 27.5 Å². The molecule has 0 spiro atoms. The van der Waals surface area contributed by atoms with E-state index in [1.165, 1.54) is 0 Å². The van der Waals surface area contributed by atoms with Crippen LogP contribution < -0.4 is 4.74 Å². The van der Waals surface area contributed by atoms with Crippen LogP contribution in [-0.2, 0) is 0 Å². The molecule has 0 aliphatic heterocycles. The quantitative estimate of drug-likeness (QED) is 0.526. The molecule has 0 aromatic heterocycles. The Labute approximate surface area is 137 Å². The van der Waals surface area contributed by atoms with Crippen LogP contribution in [0, 0.1) is 11.3 Å². The molecule has 0 radical (unpaired) electrons. The van der Waals surface area contributed by atoms with Crippen molar-refractivity contribution in [3.05, 3.63) is 63.1 Å². The van der Waals surface area contributed by atoms with Crippen LogP contribution in [-0.4, -0.2) is 6.61 Å². The van der Waals surface area contributed by atoms with E-state index in [-0.39, 0.29) is 0 Å². The van der Waals surface area contributed by atoms with Crippen molar-refractivity contribution < 1.29 is 4.74 Å². The SMILES string of the molecule is CCOc1ccc(Br)cc1C=C(C#N)c1ccc(Cl)cc1. The molecule has 2 rings (SSSR count). The van der Waals surface area contributed by atoms with Crippen molar-refractivity contribution in [1.82, 2.24) is 0 Å². The third kappa shape index (κ3) is 4.10. The highest BCUT2D eigenvalue weighted by atomic mass is 79.9. The van der Waals surface area contributed by atoms with Crippen molar-refractivity contribution in [2.24, 2.45) is 0 Å². The second-order valence-corrected chi connectivity index (χ2v) is 5.64. The Morgan fingerprint density at radius 3 is 2.62 bits per heavy atom. The summed E-state index contributed by atoms with van der Waals surface area (Å²) in [6.45, 7) is 2.51. The molecule has 0 amide bonds. The molecule has 0 fully saturated rings. The van der Waals surface area contributed by atoms with Gasteiger partial charge in [-0.3, -0.25) is 0 Å². The van der Waals surface area contributed by atoms with E-state index < -0.39 is 0 Å². The summed E-state index contributed by atoms with van der Waals surface area (Å²) >= 11 is 9.32. The molecule has 0 unspecified atom stereocenters. The standard InChI is InChI=1S/C17H13BrClNO/c1-2-21-17-8-5-15(18)10-13(17)9-14(11-20)12-3-6-16(19)7-4-12/h3-10H,2H2,1H3. The van der Waals surface area contributed by atoms with Crippen LogP contribution in [0.5, 0.6) is 5.75 Å². The van der Waals surface area contributed by atoms with Gasteiger partial charge in [-0.25, -0.2) is 0 Å². The molecular formula is C17H13BrClNO. The second kappa shape index (κ2) is 7.31. The van der Waals surface area contributed by atoms with Crippen molar-refractivity contribution in [2.45, 2.75) is 6.92 Å². The molecule has 0 aliphatic rings. The minimum absolute atomic E-state index is 0.561. The monoisotopic (exact) mass is 361 g/mol. The lowest BCUT2D eigenvalue weighted by molar-refractivity contribution is 0.339. The van der Waals surface area contributed by atoms with Crippen molar-refractivity contribution >= 4 is 39.2 Å². The molecule has 2 nitrogen and oxygen atoms in total. The molecule has 0 atom stereocenters. The fourth-order valence-corrected chi connectivity index (χ4v) is 2.39. The molecule has 0 saturated carbocycles. The summed E-state index contributed by atoms with van der Waals surface area (Å²) in [7, 11) is 0. The van der Waals surface area contributed by atoms with Gasteiger partial charge < -0.3 is 4.74 Å². The number of hydrogen-bond donors (Lipinski definition) is 0. The van der Waals surface area contributed by atoms with E-state index >= 15 is 0 Å². The molecule has 0 saturated heterocycles. The number of nitrogens with zero attached hydrogens (tertiary/aromatic N) is 1. The predicted molar refractivity (Wildman–Crippen MR) is 90.2 cm³/mol. The van der Waals surface area contributed by atoms with Gasteiger partial charge in [0.15, 0.2) is 0 Å². The Kier molecular flexibility index (Phi) is 5.44. The molecule has 106 valence electrons. The number of halogens is 2. The van der Waals surface area contributed by atoms with Gasteiger partial charge >= 0.3 is 0 Å². The van der Waals surface area contributed by atoms with E-state index in [9.17, 15) is 5.26 Å². The van der Waals surface area contributed by atoms with Crippen LogP contribution in [0.2, 0.25) is 5.02 Å². The van der Waals surface area contributed by atoms with Crippen LogP contribution in [0.3, 0.4) is 0 Å². The lowest BCUT2D eigenvalue weighted by atomic mass is 10.0. The molecule has 0 aliphatic carbocycles. The van der Waals surface area contributed by atoms with Gasteiger partial charge in [-0.2, -0.15) is 5.26 Å². The van der Waals surface area contributed by atoms with Gasteiger partial charge in [0.1, 0.15) is 5.75 Å². The zero-order valence-electron chi connectivity index (χ0n) is 11.4. The average molecular weight is 363 g/mol. The third-order valence-electron chi connectivity index (χ3n) is 2.85. The molecule has 2 aromatic carbocycles. The van der Waals surface area contributed by atoms with E-state index in [4.69, 9.17) is 16.3 Å². The van der Waals surface area contributed by atoms with E-state index in [2.05, 4.69) is 22.0 Å². The maximum Gasteiger partial charge on any atom is 0.126 e. The van der Waals surface area contributed by atoms with Crippen LogP contribution in [0.15, 0.2) is 46.9 Å². The normalized spacial score (nSPS) is 11.0. The van der Waals surface area contributed by atoms with Gasteiger partial charge in [-0.1, -0.05) is 39.7 Å². The lowest BCUT2D eigenvalue weighted by Gasteiger charge is -2.08. The van der Waals surface area contributed by atoms with Gasteiger partial charge in [0.25, 0.3) is 0 Å². The lowest BCUT2D eigenvalue weighted by Crippen LogP contribution is -1.94. The first-order chi connectivity index (χ1) is 10.1. The van der Waals surface area contributed by atoms with E-state index in [1.54, 1.807) is 12.1 Å². The number of rotatable bonds is 4. The summed E-state index contributed by atoms with van der Waals surface area (Å²) in [5.41, 5.74) is 2.24. The maximum atomic E-state index is 9.40. The van der Waals surface area contributed by atoms with Crippen LogP contribution in [0.4, 0.5) is 0 Å². The zero-order chi connectivity index (χ0) is 15.2. The Bertz CT molecular complexity index is 702. The fourth-order valence-electron chi connectivity index (χ4n) is 1.88. The summed E-state index contributed by atoms with van der Waals surface area (Å²) in [5, 5.41) is 10.0. The Hall–Kier alpha value is -1.76. The van der Waals surface area contributed by atoms with Crippen LogP contribution in [0.1, 0.15) is 18.1 Å². The van der Waals surface area contributed by atoms with Gasteiger partial charge in [-0.05, 0) is 48.9 Å². The molecule has 21 heavy (non-hydrogen) atoms. The van der Waals surface area contributed by atoms with Crippen molar-refractivity contribution in [1.29, 1.82) is 5.26 Å². The summed E-state index contributed by atoms with van der Waals surface area (Å²) in [4.78, 5) is 0. The van der Waals surface area contributed by atoms with E-state index in [0.29, 0.717) is 17.2 Å². The summed E-state index contributed by atoms with van der Waals surface area (Å²) in [5.74, 6) is 0.752. The Morgan fingerprint density at radius 2 is 2.00 bits per heavy atom. The number of hydrogen-bond acceptors (Lipinski definition) is 2. The number of nitriles is 1. The predicted octanol–water partition coefficient (Wildman–Crippen LogP) is 5.57. The number of ether oxygens (including phenoxy) is 1. The zero-order valence-corrected chi connectivity index (χ0v) is 13.8. The molecule has 0 heterocycles. The summed E-state index contributed by atoms with van der Waals surface area (Å²) in [6, 6.07) is 15.1. The van der Waals surface area contributed by atoms with Gasteiger partial charge in [0, 0.05) is 15.1 Å². The van der Waals surface area contributed by atoms with Gasteiger partial charge in [0.2, 0.25) is 0 Å². The molecule has 0 bridgehead atoms. The topological polar surface area (TPSA) is 33.0 Å². The van der Waals surface area contributed by atoms with Crippen molar-refractivity contribution in [3.8, 4) is 11.8 Å². The second-order valence-electron chi connectivity index (χ2n) is 4.29. The maximum absolute atomic E-state index is 9.40. The molecule has 4 heteroatoms.